The van der Waals surface area contributed by atoms with Gasteiger partial charge in [-0.2, -0.15) is 0 Å². The zero-order valence-electron chi connectivity index (χ0n) is 13.5. The summed E-state index contributed by atoms with van der Waals surface area (Å²) < 4.78 is 11.4. The summed E-state index contributed by atoms with van der Waals surface area (Å²) in [4.78, 5) is 3.17. The van der Waals surface area contributed by atoms with Gasteiger partial charge in [0.25, 0.3) is 0 Å². The molecule has 4 aromatic rings. The predicted octanol–water partition coefficient (Wildman–Crippen LogP) is 4.53. The highest BCUT2D eigenvalue weighted by atomic mass is 32.2. The largest absolute Gasteiger partial charge is 0.493 e. The molecule has 0 aliphatic rings. The maximum Gasteiger partial charge on any atom is 0.247 e. The fraction of sp³-hybridized carbons (Fsp3) is 0.158. The Balaban J connectivity index is 1.29. The van der Waals surface area contributed by atoms with Gasteiger partial charge >= 0.3 is 0 Å². The lowest BCUT2D eigenvalue weighted by Crippen LogP contribution is -2.00. The van der Waals surface area contributed by atoms with E-state index in [1.165, 1.54) is 0 Å². The Hall–Kier alpha value is -2.73. The first kappa shape index (κ1) is 15.8. The van der Waals surface area contributed by atoms with E-state index in [9.17, 15) is 0 Å². The third-order valence-electron chi connectivity index (χ3n) is 3.73. The van der Waals surface area contributed by atoms with Crippen LogP contribution in [0.2, 0.25) is 0 Å². The number of benzene rings is 2. The molecule has 0 saturated carbocycles. The molecule has 0 aliphatic carbocycles. The smallest absolute Gasteiger partial charge is 0.247 e. The van der Waals surface area contributed by atoms with Gasteiger partial charge in [-0.15, -0.1) is 22.0 Å². The molecule has 0 saturated heterocycles. The van der Waals surface area contributed by atoms with Crippen LogP contribution in [-0.4, -0.2) is 27.5 Å². The summed E-state index contributed by atoms with van der Waals surface area (Å²) in [6.45, 7) is 0.653. The molecule has 0 bridgehead atoms. The minimum absolute atomic E-state index is 0.555. The minimum Gasteiger partial charge on any atom is -0.493 e. The van der Waals surface area contributed by atoms with Gasteiger partial charge in [0.05, 0.1) is 12.4 Å². The van der Waals surface area contributed by atoms with Gasteiger partial charge in [-0.1, -0.05) is 18.2 Å². The Labute approximate surface area is 149 Å². The zero-order valence-corrected chi connectivity index (χ0v) is 14.3. The van der Waals surface area contributed by atoms with E-state index >= 15 is 0 Å². The van der Waals surface area contributed by atoms with E-state index in [4.69, 9.17) is 9.15 Å². The number of aromatic amines is 1. The Kier molecular flexibility index (Phi) is 4.70. The molecule has 0 aliphatic heterocycles. The molecule has 0 amide bonds. The van der Waals surface area contributed by atoms with Crippen LogP contribution in [0.3, 0.4) is 0 Å². The number of H-pyrrole nitrogens is 1. The van der Waals surface area contributed by atoms with Crippen LogP contribution >= 0.6 is 11.8 Å². The van der Waals surface area contributed by atoms with Gasteiger partial charge in [0, 0.05) is 28.4 Å². The topological polar surface area (TPSA) is 63.9 Å². The summed E-state index contributed by atoms with van der Waals surface area (Å²) in [6, 6.07) is 17.9. The number of rotatable bonds is 7. The third-order valence-corrected chi connectivity index (χ3v) is 4.64. The van der Waals surface area contributed by atoms with Crippen LogP contribution in [0, 0.1) is 0 Å². The van der Waals surface area contributed by atoms with E-state index in [-0.39, 0.29) is 0 Å². The van der Waals surface area contributed by atoms with Crippen molar-refractivity contribution in [1.29, 1.82) is 0 Å². The highest BCUT2D eigenvalue weighted by Gasteiger charge is 2.09. The summed E-state index contributed by atoms with van der Waals surface area (Å²) >= 11 is 1.71. The highest BCUT2D eigenvalue weighted by molar-refractivity contribution is 7.98. The fourth-order valence-electron chi connectivity index (χ4n) is 2.51. The Morgan fingerprint density at radius 1 is 1.04 bits per heavy atom. The second-order valence-electron chi connectivity index (χ2n) is 5.49. The first-order valence-electron chi connectivity index (χ1n) is 8.04. The first-order chi connectivity index (χ1) is 12.4. The minimum atomic E-state index is 0.555. The number of fused-ring (bicyclic) bond motifs is 1. The highest BCUT2D eigenvalue weighted by Crippen LogP contribution is 2.24. The Morgan fingerprint density at radius 2 is 1.96 bits per heavy atom. The number of para-hydroxylation sites is 1. The van der Waals surface area contributed by atoms with Crippen LogP contribution < -0.4 is 4.74 Å². The molecule has 0 fully saturated rings. The summed E-state index contributed by atoms with van der Waals surface area (Å²) in [5, 5.41) is 9.41. The van der Waals surface area contributed by atoms with Crippen molar-refractivity contribution in [3.63, 3.8) is 0 Å². The molecule has 25 heavy (non-hydrogen) atoms. The van der Waals surface area contributed by atoms with E-state index in [1.54, 1.807) is 11.8 Å². The number of nitrogens with one attached hydrogen (secondary N) is 1. The van der Waals surface area contributed by atoms with Gasteiger partial charge in [0.15, 0.2) is 0 Å². The molecule has 1 N–H and O–H groups in total. The van der Waals surface area contributed by atoms with E-state index in [0.29, 0.717) is 24.1 Å². The number of nitrogens with zero attached hydrogens (tertiary/aromatic N) is 2. The molecule has 0 unspecified atom stereocenters. The van der Waals surface area contributed by atoms with E-state index in [0.717, 1.165) is 28.0 Å². The maximum atomic E-state index is 5.77. The second-order valence-corrected chi connectivity index (χ2v) is 6.60. The third kappa shape index (κ3) is 3.85. The molecule has 0 radical (unpaired) electrons. The lowest BCUT2D eigenvalue weighted by atomic mass is 10.1. The van der Waals surface area contributed by atoms with Gasteiger partial charge < -0.3 is 14.1 Å². The molecular weight excluding hydrogens is 334 g/mol. The lowest BCUT2D eigenvalue weighted by Gasteiger charge is -2.04. The lowest BCUT2D eigenvalue weighted by molar-refractivity contribution is 0.344. The molecular formula is C19H17N3O2S. The van der Waals surface area contributed by atoms with Crippen molar-refractivity contribution in [2.45, 2.75) is 5.75 Å². The van der Waals surface area contributed by atoms with Crippen LogP contribution in [0.15, 0.2) is 65.2 Å². The van der Waals surface area contributed by atoms with Crippen molar-refractivity contribution >= 4 is 22.7 Å². The monoisotopic (exact) mass is 351 g/mol. The van der Waals surface area contributed by atoms with E-state index < -0.39 is 0 Å². The molecule has 0 spiro atoms. The number of ether oxygens (including phenoxy) is 1. The van der Waals surface area contributed by atoms with Gasteiger partial charge in [0.1, 0.15) is 5.75 Å². The Morgan fingerprint density at radius 3 is 2.88 bits per heavy atom. The van der Waals surface area contributed by atoms with Crippen LogP contribution in [0.4, 0.5) is 0 Å². The number of hydrogen-bond donors (Lipinski definition) is 1. The average Bonchev–Trinajstić information content (AvgIpc) is 3.31. The van der Waals surface area contributed by atoms with Crippen molar-refractivity contribution in [3.8, 4) is 17.2 Å². The van der Waals surface area contributed by atoms with E-state index in [2.05, 4.69) is 15.2 Å². The molecule has 2 aromatic carbocycles. The molecule has 2 heterocycles. The van der Waals surface area contributed by atoms with Crippen LogP contribution in [0.25, 0.3) is 22.4 Å². The van der Waals surface area contributed by atoms with Crippen LogP contribution in [-0.2, 0) is 5.75 Å². The zero-order chi connectivity index (χ0) is 16.9. The SMILES string of the molecule is c1ccc(OCCSCc2nnc(-c3ccc4[nH]ccc4c3)o2)cc1. The number of aromatic nitrogens is 3. The molecule has 5 nitrogen and oxygen atoms in total. The first-order valence-corrected chi connectivity index (χ1v) is 9.19. The summed E-state index contributed by atoms with van der Waals surface area (Å²) in [5.41, 5.74) is 2.03. The van der Waals surface area contributed by atoms with Gasteiger partial charge in [-0.05, 0) is 36.4 Å². The number of thioether (sulfide) groups is 1. The summed E-state index contributed by atoms with van der Waals surface area (Å²) in [7, 11) is 0. The molecule has 6 heteroatoms. The predicted molar refractivity (Wildman–Crippen MR) is 99.7 cm³/mol. The maximum absolute atomic E-state index is 5.77. The number of hydrogen-bond acceptors (Lipinski definition) is 5. The van der Waals surface area contributed by atoms with Crippen molar-refractivity contribution in [1.82, 2.24) is 15.2 Å². The molecule has 0 atom stereocenters. The average molecular weight is 351 g/mol. The normalized spacial score (nSPS) is 11.0. The molecule has 4 rings (SSSR count). The van der Waals surface area contributed by atoms with Gasteiger partial charge in [0.2, 0.25) is 11.8 Å². The van der Waals surface area contributed by atoms with Crippen molar-refractivity contribution in [3.05, 3.63) is 66.7 Å². The summed E-state index contributed by atoms with van der Waals surface area (Å²) in [5.74, 6) is 3.62. The van der Waals surface area contributed by atoms with Crippen LogP contribution in [0.5, 0.6) is 5.75 Å². The van der Waals surface area contributed by atoms with Gasteiger partial charge in [-0.3, -0.25) is 0 Å². The van der Waals surface area contributed by atoms with E-state index in [1.807, 2.05) is 60.8 Å². The molecule has 126 valence electrons. The standard InChI is InChI=1S/C19H17N3O2S/c1-2-4-16(5-3-1)23-10-11-25-13-18-21-22-19(24-18)15-6-7-17-14(12-15)8-9-20-17/h1-9,12,20H,10-11,13H2. The molecule has 2 aromatic heterocycles. The quantitative estimate of drug-likeness (QED) is 0.496. The van der Waals surface area contributed by atoms with Crippen LogP contribution in [0.1, 0.15) is 5.89 Å². The summed E-state index contributed by atoms with van der Waals surface area (Å²) in [6.07, 6.45) is 1.92. The second kappa shape index (κ2) is 7.44. The fourth-order valence-corrected chi connectivity index (χ4v) is 3.15. The van der Waals surface area contributed by atoms with Crippen molar-refractivity contribution in [2.75, 3.05) is 12.4 Å². The van der Waals surface area contributed by atoms with Gasteiger partial charge in [-0.25, -0.2) is 0 Å². The van der Waals surface area contributed by atoms with Crippen molar-refractivity contribution < 1.29 is 9.15 Å². The Bertz CT molecular complexity index is 949. The van der Waals surface area contributed by atoms with Crippen molar-refractivity contribution in [2.24, 2.45) is 0 Å².